The van der Waals surface area contributed by atoms with Crippen molar-refractivity contribution in [2.45, 2.75) is 6.92 Å². The molecule has 0 spiro atoms. The van der Waals surface area contributed by atoms with Crippen LogP contribution in [0.3, 0.4) is 0 Å². The molecule has 2 heterocycles. The molecule has 154 valence electrons. The number of benzene rings is 3. The number of carbonyl (C=O) groups excluding carboxylic acids is 1. The van der Waals surface area contributed by atoms with Crippen LogP contribution in [0.15, 0.2) is 60.7 Å². The first-order valence-corrected chi connectivity index (χ1v) is 10.8. The summed E-state index contributed by atoms with van der Waals surface area (Å²) in [7, 11) is 0. The smallest absolute Gasteiger partial charge is 0.257 e. The van der Waals surface area contributed by atoms with Gasteiger partial charge in [0.15, 0.2) is 16.6 Å². The maximum Gasteiger partial charge on any atom is 0.257 e. The van der Waals surface area contributed by atoms with Gasteiger partial charge in [0.25, 0.3) is 5.91 Å². The molecule has 31 heavy (non-hydrogen) atoms. The van der Waals surface area contributed by atoms with E-state index in [9.17, 15) is 4.79 Å². The van der Waals surface area contributed by atoms with Crippen molar-refractivity contribution in [1.82, 2.24) is 10.3 Å². The molecule has 1 amide bonds. The van der Waals surface area contributed by atoms with Gasteiger partial charge >= 0.3 is 0 Å². The highest BCUT2D eigenvalue weighted by atomic mass is 32.1. The quantitative estimate of drug-likeness (QED) is 0.425. The number of amides is 1. The Labute approximate surface area is 187 Å². The Bertz CT molecular complexity index is 1300. The number of thiocarbonyl (C=S) groups is 1. The van der Waals surface area contributed by atoms with E-state index in [0.29, 0.717) is 17.1 Å². The Kier molecular flexibility index (Phi) is 5.01. The van der Waals surface area contributed by atoms with Crippen molar-refractivity contribution in [2.75, 3.05) is 12.1 Å². The van der Waals surface area contributed by atoms with Crippen LogP contribution in [0.25, 0.3) is 20.8 Å². The van der Waals surface area contributed by atoms with Crippen LogP contribution < -0.4 is 20.1 Å². The first-order valence-electron chi connectivity index (χ1n) is 9.56. The Balaban J connectivity index is 1.33. The normalized spacial score (nSPS) is 12.0. The molecule has 6 nitrogen and oxygen atoms in total. The zero-order valence-electron chi connectivity index (χ0n) is 16.5. The number of rotatable bonds is 3. The number of fused-ring (bicyclic) bond motifs is 2. The summed E-state index contributed by atoms with van der Waals surface area (Å²) in [6.45, 7) is 2.16. The zero-order chi connectivity index (χ0) is 21.4. The largest absolute Gasteiger partial charge is 0.454 e. The van der Waals surface area contributed by atoms with Crippen LogP contribution in [-0.2, 0) is 0 Å². The molecule has 5 rings (SSSR count). The van der Waals surface area contributed by atoms with Gasteiger partial charge in [-0.05, 0) is 61.1 Å². The molecule has 0 saturated carbocycles. The van der Waals surface area contributed by atoms with Crippen molar-refractivity contribution in [3.8, 4) is 22.1 Å². The highest BCUT2D eigenvalue weighted by Crippen LogP contribution is 2.35. The first-order chi connectivity index (χ1) is 15.1. The van der Waals surface area contributed by atoms with Crippen LogP contribution >= 0.6 is 23.6 Å². The Morgan fingerprint density at radius 3 is 2.77 bits per heavy atom. The molecule has 4 aromatic rings. The fourth-order valence-corrected chi connectivity index (χ4v) is 4.61. The molecular formula is C23H17N3O3S2. The molecule has 3 aromatic carbocycles. The maximum atomic E-state index is 12.6. The van der Waals surface area contributed by atoms with Crippen LogP contribution in [0.2, 0.25) is 0 Å². The predicted molar refractivity (Wildman–Crippen MR) is 126 cm³/mol. The molecule has 0 aliphatic carbocycles. The average molecular weight is 448 g/mol. The minimum atomic E-state index is -0.323. The van der Waals surface area contributed by atoms with Crippen LogP contribution in [0, 0.1) is 6.92 Å². The van der Waals surface area contributed by atoms with Gasteiger partial charge in [0.05, 0.1) is 10.2 Å². The summed E-state index contributed by atoms with van der Waals surface area (Å²) >= 11 is 7.02. The van der Waals surface area contributed by atoms with E-state index in [2.05, 4.69) is 16.7 Å². The summed E-state index contributed by atoms with van der Waals surface area (Å²) in [6.07, 6.45) is 0. The highest BCUT2D eigenvalue weighted by Gasteiger charge is 2.17. The van der Waals surface area contributed by atoms with Crippen molar-refractivity contribution in [3.05, 3.63) is 71.8 Å². The van der Waals surface area contributed by atoms with Gasteiger partial charge in [0, 0.05) is 16.8 Å². The number of carbonyl (C=O) groups is 1. The lowest BCUT2D eigenvalue weighted by Gasteiger charge is -2.14. The number of thiazole rings is 1. The monoisotopic (exact) mass is 447 g/mol. The van der Waals surface area contributed by atoms with Crippen LogP contribution in [0.5, 0.6) is 11.5 Å². The van der Waals surface area contributed by atoms with Gasteiger partial charge in [0.2, 0.25) is 6.79 Å². The number of anilines is 1. The standard InChI is InChI=1S/C23H17N3O3S2/c1-13-15(22-24-17-6-2-3-8-20(17)31-22)5-4-7-16(13)25-23(30)26-21(27)14-9-10-18-19(11-14)29-12-28-18/h2-11H,12H2,1H3,(H2,25,26,27,30). The maximum absolute atomic E-state index is 12.6. The Hall–Kier alpha value is -3.49. The molecule has 1 aliphatic heterocycles. The van der Waals surface area contributed by atoms with Gasteiger partial charge in [0.1, 0.15) is 5.01 Å². The van der Waals surface area contributed by atoms with Crippen molar-refractivity contribution in [3.63, 3.8) is 0 Å². The van der Waals surface area contributed by atoms with E-state index < -0.39 is 0 Å². The van der Waals surface area contributed by atoms with Crippen LogP contribution in [0.1, 0.15) is 15.9 Å². The van der Waals surface area contributed by atoms with E-state index in [4.69, 9.17) is 26.7 Å². The average Bonchev–Trinajstić information content (AvgIpc) is 3.41. The summed E-state index contributed by atoms with van der Waals surface area (Å²) in [6, 6.07) is 19.0. The second kappa shape index (κ2) is 7.98. The lowest BCUT2D eigenvalue weighted by molar-refractivity contribution is 0.0977. The van der Waals surface area contributed by atoms with Gasteiger partial charge in [-0.1, -0.05) is 24.3 Å². The minimum Gasteiger partial charge on any atom is -0.454 e. The predicted octanol–water partition coefficient (Wildman–Crippen LogP) is 5.13. The number of hydrogen-bond donors (Lipinski definition) is 2. The molecule has 0 atom stereocenters. The van der Waals surface area contributed by atoms with Crippen LogP contribution in [0.4, 0.5) is 5.69 Å². The Morgan fingerprint density at radius 1 is 1.06 bits per heavy atom. The first kappa shape index (κ1) is 19.5. The van der Waals surface area contributed by atoms with Crippen molar-refractivity contribution in [1.29, 1.82) is 0 Å². The number of nitrogens with zero attached hydrogens (tertiary/aromatic N) is 1. The molecule has 1 aliphatic rings. The second-order valence-electron chi connectivity index (χ2n) is 6.94. The Morgan fingerprint density at radius 2 is 1.90 bits per heavy atom. The molecule has 8 heteroatoms. The SMILES string of the molecule is Cc1c(NC(=S)NC(=O)c2ccc3c(c2)OCO3)cccc1-c1nc2ccccc2s1. The van der Waals surface area contributed by atoms with E-state index in [1.54, 1.807) is 29.5 Å². The number of para-hydroxylation sites is 1. The summed E-state index contributed by atoms with van der Waals surface area (Å²) in [5.74, 6) is 0.848. The third-order valence-electron chi connectivity index (χ3n) is 4.97. The van der Waals surface area contributed by atoms with Crippen LogP contribution in [-0.4, -0.2) is 22.8 Å². The molecule has 1 aromatic heterocycles. The summed E-state index contributed by atoms with van der Waals surface area (Å²) in [4.78, 5) is 17.3. The summed E-state index contributed by atoms with van der Waals surface area (Å²) < 4.78 is 11.7. The van der Waals surface area contributed by atoms with Gasteiger partial charge in [-0.3, -0.25) is 10.1 Å². The molecular weight excluding hydrogens is 430 g/mol. The number of nitrogens with one attached hydrogen (secondary N) is 2. The lowest BCUT2D eigenvalue weighted by atomic mass is 10.1. The number of hydrogen-bond acceptors (Lipinski definition) is 6. The minimum absolute atomic E-state index is 0.157. The van der Waals surface area contributed by atoms with Gasteiger partial charge in [-0.25, -0.2) is 4.98 Å². The fourth-order valence-electron chi connectivity index (χ4n) is 3.36. The van der Waals surface area contributed by atoms with E-state index in [1.807, 2.05) is 43.3 Å². The summed E-state index contributed by atoms with van der Waals surface area (Å²) in [5.41, 5.74) is 4.25. The third kappa shape index (κ3) is 3.83. The highest BCUT2D eigenvalue weighted by molar-refractivity contribution is 7.80. The van der Waals surface area contributed by atoms with Crippen molar-refractivity contribution < 1.29 is 14.3 Å². The van der Waals surface area contributed by atoms with E-state index in [1.165, 1.54) is 0 Å². The van der Waals surface area contributed by atoms with Gasteiger partial charge in [-0.15, -0.1) is 11.3 Å². The zero-order valence-corrected chi connectivity index (χ0v) is 18.1. The molecule has 0 bridgehead atoms. The summed E-state index contributed by atoms with van der Waals surface area (Å²) in [5, 5.41) is 7.00. The van der Waals surface area contributed by atoms with E-state index in [-0.39, 0.29) is 17.8 Å². The molecule has 2 N–H and O–H groups in total. The second-order valence-corrected chi connectivity index (χ2v) is 8.38. The molecule has 0 fully saturated rings. The number of ether oxygens (including phenoxy) is 2. The van der Waals surface area contributed by atoms with Gasteiger partial charge in [-0.2, -0.15) is 0 Å². The topological polar surface area (TPSA) is 72.5 Å². The molecule has 0 unspecified atom stereocenters. The van der Waals surface area contributed by atoms with E-state index >= 15 is 0 Å². The lowest BCUT2D eigenvalue weighted by Crippen LogP contribution is -2.34. The van der Waals surface area contributed by atoms with E-state index in [0.717, 1.165) is 32.0 Å². The van der Waals surface area contributed by atoms with Crippen molar-refractivity contribution >= 4 is 50.5 Å². The molecule has 0 radical (unpaired) electrons. The van der Waals surface area contributed by atoms with Crippen molar-refractivity contribution in [2.24, 2.45) is 0 Å². The fraction of sp³-hybridized carbons (Fsp3) is 0.0870. The van der Waals surface area contributed by atoms with Gasteiger partial charge < -0.3 is 14.8 Å². The molecule has 0 saturated heterocycles. The number of aromatic nitrogens is 1. The third-order valence-corrected chi connectivity index (χ3v) is 6.24.